The molecule has 1 aliphatic heterocycles. The van der Waals surface area contributed by atoms with Gasteiger partial charge in [-0.2, -0.15) is 0 Å². The summed E-state index contributed by atoms with van der Waals surface area (Å²) in [6.45, 7) is 3.93. The van der Waals surface area contributed by atoms with E-state index < -0.39 is 17.8 Å². The van der Waals surface area contributed by atoms with E-state index in [1.165, 1.54) is 6.08 Å². The van der Waals surface area contributed by atoms with Crippen molar-refractivity contribution in [3.8, 4) is 11.4 Å². The number of benzene rings is 2. The number of rotatable bonds is 5. The second kappa shape index (κ2) is 8.55. The molecular formula is C25H23N3O4. The van der Waals surface area contributed by atoms with Crippen LogP contribution in [0.5, 0.6) is 5.75 Å². The summed E-state index contributed by atoms with van der Waals surface area (Å²) in [5.74, 6) is -0.615. The van der Waals surface area contributed by atoms with Gasteiger partial charge in [-0.25, -0.2) is 4.79 Å². The monoisotopic (exact) mass is 429 g/mol. The Balaban J connectivity index is 1.72. The fraction of sp³-hybridized carbons (Fsp3) is 0.160. The topological polar surface area (TPSA) is 80.6 Å². The number of aryl methyl sites for hydroxylation is 1. The normalized spacial score (nSPS) is 15.3. The third kappa shape index (κ3) is 3.80. The van der Waals surface area contributed by atoms with Crippen LogP contribution >= 0.6 is 0 Å². The molecule has 1 fully saturated rings. The highest BCUT2D eigenvalue weighted by Gasteiger charge is 2.36. The van der Waals surface area contributed by atoms with Gasteiger partial charge in [0.05, 0.1) is 19.3 Å². The number of nitrogens with zero attached hydrogens (tertiary/aromatic N) is 2. The van der Waals surface area contributed by atoms with Crippen LogP contribution in [0.2, 0.25) is 0 Å². The summed E-state index contributed by atoms with van der Waals surface area (Å²) in [6, 6.07) is 17.9. The van der Waals surface area contributed by atoms with Gasteiger partial charge in [0.25, 0.3) is 11.8 Å². The van der Waals surface area contributed by atoms with Crippen molar-refractivity contribution in [3.63, 3.8) is 0 Å². The Hall–Kier alpha value is -4.13. The summed E-state index contributed by atoms with van der Waals surface area (Å²) in [5, 5.41) is 2.27. The van der Waals surface area contributed by atoms with E-state index in [9.17, 15) is 14.4 Å². The Labute approximate surface area is 185 Å². The molecule has 162 valence electrons. The van der Waals surface area contributed by atoms with Gasteiger partial charge in [0.1, 0.15) is 11.3 Å². The molecule has 4 amide bonds. The molecule has 4 rings (SSSR count). The van der Waals surface area contributed by atoms with Gasteiger partial charge in [0, 0.05) is 11.4 Å². The molecule has 32 heavy (non-hydrogen) atoms. The molecule has 7 nitrogen and oxygen atoms in total. The number of ether oxygens (including phenoxy) is 1. The predicted molar refractivity (Wildman–Crippen MR) is 120 cm³/mol. The Morgan fingerprint density at radius 1 is 0.969 bits per heavy atom. The van der Waals surface area contributed by atoms with Crippen LogP contribution in [-0.2, 0) is 16.1 Å². The molecule has 0 saturated carbocycles. The van der Waals surface area contributed by atoms with Crippen LogP contribution in [-0.4, -0.2) is 34.4 Å². The SMILES string of the molecule is COc1ccccc1-n1c(C)cc(C=C2C(=O)NC(=O)N(Cc3ccccc3)C2=O)c1C. The quantitative estimate of drug-likeness (QED) is 0.495. The number of amides is 4. The van der Waals surface area contributed by atoms with Crippen molar-refractivity contribution in [1.82, 2.24) is 14.8 Å². The number of aromatic nitrogens is 1. The highest BCUT2D eigenvalue weighted by molar-refractivity contribution is 6.31. The number of para-hydroxylation sites is 2. The molecule has 2 aromatic carbocycles. The third-order valence-electron chi connectivity index (χ3n) is 5.47. The molecule has 0 bridgehead atoms. The van der Waals surface area contributed by atoms with Crippen LogP contribution in [0.15, 0.2) is 66.2 Å². The fourth-order valence-electron chi connectivity index (χ4n) is 3.88. The molecule has 0 aliphatic carbocycles. The first-order valence-corrected chi connectivity index (χ1v) is 10.2. The van der Waals surface area contributed by atoms with Gasteiger partial charge in [-0.05, 0) is 49.2 Å². The Morgan fingerprint density at radius 3 is 2.38 bits per heavy atom. The number of imide groups is 2. The first kappa shape index (κ1) is 21.1. The first-order chi connectivity index (χ1) is 15.4. The molecule has 1 saturated heterocycles. The lowest BCUT2D eigenvalue weighted by Crippen LogP contribution is -2.53. The minimum absolute atomic E-state index is 0.0797. The molecule has 2 heterocycles. The van der Waals surface area contributed by atoms with E-state index in [-0.39, 0.29) is 12.1 Å². The zero-order valence-electron chi connectivity index (χ0n) is 18.1. The summed E-state index contributed by atoms with van der Waals surface area (Å²) >= 11 is 0. The zero-order valence-corrected chi connectivity index (χ0v) is 18.1. The van der Waals surface area contributed by atoms with E-state index in [1.807, 2.05) is 79.1 Å². The van der Waals surface area contributed by atoms with Crippen LogP contribution in [0.4, 0.5) is 4.79 Å². The van der Waals surface area contributed by atoms with Crippen molar-refractivity contribution in [2.75, 3.05) is 7.11 Å². The Morgan fingerprint density at radius 2 is 1.66 bits per heavy atom. The second-order valence-corrected chi connectivity index (χ2v) is 7.53. The first-order valence-electron chi connectivity index (χ1n) is 10.2. The molecule has 0 spiro atoms. The Bertz CT molecular complexity index is 1240. The summed E-state index contributed by atoms with van der Waals surface area (Å²) in [7, 11) is 1.61. The molecular weight excluding hydrogens is 406 g/mol. The van der Waals surface area contributed by atoms with Gasteiger partial charge < -0.3 is 9.30 Å². The van der Waals surface area contributed by atoms with Crippen LogP contribution in [0.3, 0.4) is 0 Å². The van der Waals surface area contributed by atoms with Gasteiger partial charge in [-0.1, -0.05) is 42.5 Å². The van der Waals surface area contributed by atoms with Gasteiger partial charge >= 0.3 is 6.03 Å². The highest BCUT2D eigenvalue weighted by Crippen LogP contribution is 2.29. The van der Waals surface area contributed by atoms with E-state index in [4.69, 9.17) is 4.74 Å². The smallest absolute Gasteiger partial charge is 0.331 e. The van der Waals surface area contributed by atoms with Crippen molar-refractivity contribution >= 4 is 23.9 Å². The van der Waals surface area contributed by atoms with Crippen molar-refractivity contribution in [2.24, 2.45) is 0 Å². The van der Waals surface area contributed by atoms with E-state index >= 15 is 0 Å². The van der Waals surface area contributed by atoms with Gasteiger partial charge in [0.15, 0.2) is 0 Å². The lowest BCUT2D eigenvalue weighted by molar-refractivity contribution is -0.130. The van der Waals surface area contributed by atoms with Crippen molar-refractivity contribution in [1.29, 1.82) is 0 Å². The molecule has 1 aromatic heterocycles. The number of nitrogens with one attached hydrogen (secondary N) is 1. The van der Waals surface area contributed by atoms with Gasteiger partial charge in [0.2, 0.25) is 0 Å². The molecule has 0 unspecified atom stereocenters. The van der Waals surface area contributed by atoms with Crippen LogP contribution in [0.1, 0.15) is 22.5 Å². The van der Waals surface area contributed by atoms with Crippen molar-refractivity contribution in [3.05, 3.63) is 88.8 Å². The average Bonchev–Trinajstić information content (AvgIpc) is 3.07. The maximum absolute atomic E-state index is 13.1. The van der Waals surface area contributed by atoms with Crippen LogP contribution in [0.25, 0.3) is 11.8 Å². The summed E-state index contributed by atoms with van der Waals surface area (Å²) in [4.78, 5) is 39.0. The van der Waals surface area contributed by atoms with Crippen LogP contribution in [0, 0.1) is 13.8 Å². The molecule has 1 N–H and O–H groups in total. The second-order valence-electron chi connectivity index (χ2n) is 7.53. The van der Waals surface area contributed by atoms with Crippen molar-refractivity contribution in [2.45, 2.75) is 20.4 Å². The maximum Gasteiger partial charge on any atom is 0.331 e. The average molecular weight is 429 g/mol. The maximum atomic E-state index is 13.1. The molecule has 7 heteroatoms. The van der Waals surface area contributed by atoms with E-state index in [0.717, 1.165) is 27.5 Å². The third-order valence-corrected chi connectivity index (χ3v) is 5.47. The standard InChI is InChI=1S/C25H23N3O4/c1-16-13-19(17(2)28(16)21-11-7-8-12-22(21)32-3)14-20-23(29)26-25(31)27(24(20)30)15-18-9-5-4-6-10-18/h4-14H,15H2,1-3H3,(H,26,29,31). The van der Waals surface area contributed by atoms with E-state index in [1.54, 1.807) is 7.11 Å². The van der Waals surface area contributed by atoms with E-state index in [2.05, 4.69) is 5.32 Å². The van der Waals surface area contributed by atoms with Crippen LogP contribution < -0.4 is 10.1 Å². The summed E-state index contributed by atoms with van der Waals surface area (Å²) in [6.07, 6.45) is 1.54. The zero-order chi connectivity index (χ0) is 22.8. The summed E-state index contributed by atoms with van der Waals surface area (Å²) in [5.41, 5.74) is 4.03. The van der Waals surface area contributed by atoms with Crippen molar-refractivity contribution < 1.29 is 19.1 Å². The van der Waals surface area contributed by atoms with Gasteiger partial charge in [-0.15, -0.1) is 0 Å². The minimum atomic E-state index is -0.722. The Kier molecular flexibility index (Phi) is 5.64. The molecule has 0 radical (unpaired) electrons. The minimum Gasteiger partial charge on any atom is -0.495 e. The number of hydrogen-bond donors (Lipinski definition) is 1. The fourth-order valence-corrected chi connectivity index (χ4v) is 3.88. The molecule has 3 aromatic rings. The number of methoxy groups -OCH3 is 1. The number of hydrogen-bond acceptors (Lipinski definition) is 4. The van der Waals surface area contributed by atoms with Gasteiger partial charge in [-0.3, -0.25) is 19.8 Å². The highest BCUT2D eigenvalue weighted by atomic mass is 16.5. The summed E-state index contributed by atoms with van der Waals surface area (Å²) < 4.78 is 7.49. The number of carbonyl (C=O) groups excluding carboxylic acids is 3. The molecule has 1 aliphatic rings. The number of urea groups is 1. The van der Waals surface area contributed by atoms with E-state index in [0.29, 0.717) is 11.3 Å². The largest absolute Gasteiger partial charge is 0.495 e. The number of barbiturate groups is 1. The lowest BCUT2D eigenvalue weighted by atomic mass is 10.1. The lowest BCUT2D eigenvalue weighted by Gasteiger charge is -2.26. The number of carbonyl (C=O) groups is 3. The molecule has 0 atom stereocenters. The predicted octanol–water partition coefficient (Wildman–Crippen LogP) is 3.76.